The van der Waals surface area contributed by atoms with Crippen LogP contribution in [0.5, 0.6) is 0 Å². The van der Waals surface area contributed by atoms with Crippen LogP contribution in [-0.2, 0) is 9.53 Å². The van der Waals surface area contributed by atoms with Crippen molar-refractivity contribution >= 4 is 5.97 Å². The Labute approximate surface area is 102 Å². The van der Waals surface area contributed by atoms with Gasteiger partial charge in [-0.05, 0) is 68.6 Å². The minimum absolute atomic E-state index is 0.265. The van der Waals surface area contributed by atoms with Crippen molar-refractivity contribution < 1.29 is 14.6 Å². The predicted molar refractivity (Wildman–Crippen MR) is 61.5 cm³/mol. The van der Waals surface area contributed by atoms with Crippen LogP contribution in [0, 0.1) is 23.7 Å². The number of carboxylic acids is 1. The molecule has 0 aliphatic heterocycles. The standard InChI is InChI=1S/C14H20O3/c15-13(16)14(1-2-14)17-12-10-4-8-3-9(6-10)7-11(12)5-8/h8-12H,1-7H2,(H,15,16). The van der Waals surface area contributed by atoms with Crippen LogP contribution in [0.25, 0.3) is 0 Å². The summed E-state index contributed by atoms with van der Waals surface area (Å²) in [6, 6.07) is 0. The molecule has 5 rings (SSSR count). The Morgan fingerprint density at radius 1 is 1.00 bits per heavy atom. The van der Waals surface area contributed by atoms with Crippen molar-refractivity contribution in [3.63, 3.8) is 0 Å². The van der Waals surface area contributed by atoms with Gasteiger partial charge in [0.25, 0.3) is 0 Å². The summed E-state index contributed by atoms with van der Waals surface area (Å²) in [6.45, 7) is 0. The number of rotatable bonds is 3. The van der Waals surface area contributed by atoms with E-state index in [1.54, 1.807) is 0 Å². The van der Waals surface area contributed by atoms with Crippen molar-refractivity contribution in [2.24, 2.45) is 23.7 Å². The van der Waals surface area contributed by atoms with Crippen molar-refractivity contribution in [3.8, 4) is 0 Å². The van der Waals surface area contributed by atoms with E-state index in [1.807, 2.05) is 0 Å². The van der Waals surface area contributed by atoms with Crippen LogP contribution in [0.4, 0.5) is 0 Å². The monoisotopic (exact) mass is 236 g/mol. The fourth-order valence-corrected chi connectivity index (χ4v) is 4.82. The lowest BCUT2D eigenvalue weighted by Crippen LogP contribution is -2.51. The topological polar surface area (TPSA) is 46.5 Å². The maximum Gasteiger partial charge on any atom is 0.335 e. The number of carbonyl (C=O) groups is 1. The van der Waals surface area contributed by atoms with Crippen LogP contribution in [0.2, 0.25) is 0 Å². The van der Waals surface area contributed by atoms with E-state index in [9.17, 15) is 9.90 Å². The molecule has 5 saturated carbocycles. The van der Waals surface area contributed by atoms with Gasteiger partial charge in [0.15, 0.2) is 5.60 Å². The molecule has 4 bridgehead atoms. The second kappa shape index (κ2) is 3.25. The maximum absolute atomic E-state index is 11.2. The van der Waals surface area contributed by atoms with E-state index in [-0.39, 0.29) is 6.10 Å². The van der Waals surface area contributed by atoms with Crippen molar-refractivity contribution in [1.29, 1.82) is 0 Å². The van der Waals surface area contributed by atoms with Gasteiger partial charge in [0.2, 0.25) is 0 Å². The molecule has 5 aliphatic rings. The molecule has 5 fully saturated rings. The molecule has 0 aromatic heterocycles. The van der Waals surface area contributed by atoms with Gasteiger partial charge in [-0.3, -0.25) is 0 Å². The molecular formula is C14H20O3. The van der Waals surface area contributed by atoms with E-state index in [2.05, 4.69) is 0 Å². The van der Waals surface area contributed by atoms with Crippen LogP contribution in [0.3, 0.4) is 0 Å². The van der Waals surface area contributed by atoms with E-state index in [4.69, 9.17) is 4.74 Å². The normalized spacial score (nSPS) is 49.3. The predicted octanol–water partition coefficient (Wildman–Crippen LogP) is 2.44. The Morgan fingerprint density at radius 2 is 1.53 bits per heavy atom. The molecule has 0 unspecified atom stereocenters. The molecular weight excluding hydrogens is 216 g/mol. The minimum atomic E-state index is -0.778. The van der Waals surface area contributed by atoms with Crippen LogP contribution in [0.15, 0.2) is 0 Å². The minimum Gasteiger partial charge on any atom is -0.479 e. The first kappa shape index (κ1) is 10.4. The molecule has 0 atom stereocenters. The molecule has 0 aromatic rings. The summed E-state index contributed by atoms with van der Waals surface area (Å²) in [6.07, 6.45) is 8.35. The van der Waals surface area contributed by atoms with Crippen molar-refractivity contribution in [2.45, 2.75) is 56.7 Å². The van der Waals surface area contributed by atoms with Gasteiger partial charge in [-0.15, -0.1) is 0 Å². The lowest BCUT2D eigenvalue weighted by molar-refractivity contribution is -0.183. The number of ether oxygens (including phenoxy) is 1. The fourth-order valence-electron chi connectivity index (χ4n) is 4.82. The number of hydrogen-bond acceptors (Lipinski definition) is 2. The Kier molecular flexibility index (Phi) is 1.98. The third-order valence-corrected chi connectivity index (χ3v) is 5.60. The summed E-state index contributed by atoms with van der Waals surface area (Å²) in [4.78, 5) is 11.2. The van der Waals surface area contributed by atoms with E-state index in [0.29, 0.717) is 11.8 Å². The summed E-state index contributed by atoms with van der Waals surface area (Å²) in [7, 11) is 0. The zero-order chi connectivity index (χ0) is 11.6. The van der Waals surface area contributed by atoms with Crippen molar-refractivity contribution in [3.05, 3.63) is 0 Å². The Bertz CT molecular complexity index is 330. The number of aliphatic carboxylic acids is 1. The average Bonchev–Trinajstić information content (AvgIpc) is 3.03. The molecule has 17 heavy (non-hydrogen) atoms. The Hall–Kier alpha value is -0.570. The molecule has 0 aromatic carbocycles. The van der Waals surface area contributed by atoms with E-state index >= 15 is 0 Å². The zero-order valence-corrected chi connectivity index (χ0v) is 10.1. The molecule has 3 nitrogen and oxygen atoms in total. The Balaban J connectivity index is 1.53. The highest BCUT2D eigenvalue weighted by atomic mass is 16.5. The van der Waals surface area contributed by atoms with Gasteiger partial charge >= 0.3 is 5.97 Å². The molecule has 0 spiro atoms. The molecule has 5 aliphatic carbocycles. The first-order valence-electron chi connectivity index (χ1n) is 7.07. The first-order chi connectivity index (χ1) is 8.16. The lowest BCUT2D eigenvalue weighted by Gasteiger charge is -2.54. The molecule has 0 heterocycles. The third-order valence-electron chi connectivity index (χ3n) is 5.60. The fraction of sp³-hybridized carbons (Fsp3) is 0.929. The van der Waals surface area contributed by atoms with E-state index in [0.717, 1.165) is 24.7 Å². The first-order valence-corrected chi connectivity index (χ1v) is 7.07. The van der Waals surface area contributed by atoms with Gasteiger partial charge in [0, 0.05) is 0 Å². The van der Waals surface area contributed by atoms with Crippen LogP contribution < -0.4 is 0 Å². The second-order valence-electron chi connectivity index (χ2n) is 6.81. The molecule has 1 N–H and O–H groups in total. The lowest BCUT2D eigenvalue weighted by atomic mass is 9.55. The molecule has 0 radical (unpaired) electrons. The van der Waals surface area contributed by atoms with Crippen LogP contribution >= 0.6 is 0 Å². The average molecular weight is 236 g/mol. The van der Waals surface area contributed by atoms with Crippen LogP contribution in [-0.4, -0.2) is 22.8 Å². The highest BCUT2D eigenvalue weighted by Crippen LogP contribution is 2.56. The zero-order valence-electron chi connectivity index (χ0n) is 10.1. The van der Waals surface area contributed by atoms with Crippen molar-refractivity contribution in [1.82, 2.24) is 0 Å². The van der Waals surface area contributed by atoms with Crippen LogP contribution in [0.1, 0.15) is 44.9 Å². The van der Waals surface area contributed by atoms with Gasteiger partial charge in [-0.25, -0.2) is 4.79 Å². The Morgan fingerprint density at radius 3 is 1.94 bits per heavy atom. The van der Waals surface area contributed by atoms with Gasteiger partial charge in [0.1, 0.15) is 0 Å². The molecule has 3 heteroatoms. The van der Waals surface area contributed by atoms with E-state index in [1.165, 1.54) is 32.1 Å². The number of hydrogen-bond donors (Lipinski definition) is 1. The smallest absolute Gasteiger partial charge is 0.335 e. The summed E-state index contributed by atoms with van der Waals surface area (Å²) in [5.74, 6) is 2.46. The molecule has 94 valence electrons. The maximum atomic E-state index is 11.2. The quantitative estimate of drug-likeness (QED) is 0.818. The summed E-state index contributed by atoms with van der Waals surface area (Å²) >= 11 is 0. The largest absolute Gasteiger partial charge is 0.479 e. The molecule has 0 saturated heterocycles. The van der Waals surface area contributed by atoms with Crippen molar-refractivity contribution in [2.75, 3.05) is 0 Å². The third kappa shape index (κ3) is 1.48. The highest BCUT2D eigenvalue weighted by molar-refractivity contribution is 5.80. The number of carboxylic acid groups (broad SMARTS) is 1. The summed E-state index contributed by atoms with van der Waals surface area (Å²) in [5.41, 5.74) is -0.778. The van der Waals surface area contributed by atoms with Gasteiger partial charge in [0.05, 0.1) is 6.10 Å². The molecule has 0 amide bonds. The highest BCUT2D eigenvalue weighted by Gasteiger charge is 2.57. The second-order valence-corrected chi connectivity index (χ2v) is 6.81. The van der Waals surface area contributed by atoms with Gasteiger partial charge < -0.3 is 9.84 Å². The SMILES string of the molecule is O=C(O)C1(OC2C3CC4CC(C3)CC2C4)CC1. The van der Waals surface area contributed by atoms with Gasteiger partial charge in [-0.1, -0.05) is 0 Å². The summed E-state index contributed by atoms with van der Waals surface area (Å²) in [5, 5.41) is 9.23. The summed E-state index contributed by atoms with van der Waals surface area (Å²) < 4.78 is 6.09. The van der Waals surface area contributed by atoms with Gasteiger partial charge in [-0.2, -0.15) is 0 Å². The van der Waals surface area contributed by atoms with E-state index < -0.39 is 11.6 Å².